The van der Waals surface area contributed by atoms with Crippen LogP contribution >= 0.6 is 11.6 Å². The first-order valence-corrected chi connectivity index (χ1v) is 18.0. The SMILES string of the molecule is CCOc1cc(CN(c2ccc(C#N)cc2)c2nc3ccc(Cl)cc3n2C(c2ccccc2)(c2ccccc2)c2ccccc2)c(F)c(OC(C)C)c1. The third-order valence-electron chi connectivity index (χ3n) is 9.15. The largest absolute Gasteiger partial charge is 0.494 e. The molecule has 0 atom stereocenters. The Balaban J connectivity index is 1.61. The third-order valence-corrected chi connectivity index (χ3v) is 9.38. The molecule has 0 aliphatic rings. The van der Waals surface area contributed by atoms with Crippen LogP contribution in [0.5, 0.6) is 11.5 Å². The van der Waals surface area contributed by atoms with Crippen molar-refractivity contribution < 1.29 is 13.9 Å². The quantitative estimate of drug-likeness (QED) is 0.118. The predicted octanol–water partition coefficient (Wildman–Crippen LogP) is 11.1. The molecule has 0 aliphatic carbocycles. The van der Waals surface area contributed by atoms with Crippen LogP contribution in [0, 0.1) is 17.1 Å². The van der Waals surface area contributed by atoms with E-state index in [1.807, 2.05) is 111 Å². The second-order valence-corrected chi connectivity index (χ2v) is 13.4. The van der Waals surface area contributed by atoms with Gasteiger partial charge in [0.05, 0.1) is 41.9 Å². The number of rotatable bonds is 12. The average molecular weight is 721 g/mol. The van der Waals surface area contributed by atoms with Gasteiger partial charge in [-0.05, 0) is 86.0 Å². The fraction of sp³-hybridized carbons (Fsp3) is 0.156. The molecule has 0 spiro atoms. The second-order valence-electron chi connectivity index (χ2n) is 12.9. The van der Waals surface area contributed by atoms with Gasteiger partial charge in [0, 0.05) is 22.3 Å². The molecule has 0 aliphatic heterocycles. The maximum absolute atomic E-state index is 16.7. The number of nitrogens with zero attached hydrogens (tertiary/aromatic N) is 4. The Kier molecular flexibility index (Phi) is 10.2. The van der Waals surface area contributed by atoms with Gasteiger partial charge in [-0.1, -0.05) is 103 Å². The monoisotopic (exact) mass is 720 g/mol. The molecular formula is C45H38ClFN4O2. The third kappa shape index (κ3) is 6.82. The van der Waals surface area contributed by atoms with Gasteiger partial charge in [0.1, 0.15) is 11.3 Å². The lowest BCUT2D eigenvalue weighted by molar-refractivity contribution is 0.228. The zero-order chi connectivity index (χ0) is 37.0. The molecule has 0 saturated heterocycles. The molecule has 0 radical (unpaired) electrons. The topological polar surface area (TPSA) is 63.3 Å². The smallest absolute Gasteiger partial charge is 0.212 e. The predicted molar refractivity (Wildman–Crippen MR) is 210 cm³/mol. The van der Waals surface area contributed by atoms with Crippen molar-refractivity contribution in [3.8, 4) is 17.6 Å². The van der Waals surface area contributed by atoms with Gasteiger partial charge in [-0.2, -0.15) is 5.26 Å². The Morgan fingerprint density at radius 2 is 1.40 bits per heavy atom. The first kappa shape index (κ1) is 35.3. The summed E-state index contributed by atoms with van der Waals surface area (Å²) in [5.41, 5.74) is 4.95. The minimum Gasteiger partial charge on any atom is -0.494 e. The number of aromatic nitrogens is 2. The van der Waals surface area contributed by atoms with Crippen LogP contribution in [0.3, 0.4) is 0 Å². The highest BCUT2D eigenvalue weighted by Gasteiger charge is 2.42. The summed E-state index contributed by atoms with van der Waals surface area (Å²) in [7, 11) is 0. The van der Waals surface area contributed by atoms with Crippen LogP contribution in [0.4, 0.5) is 16.0 Å². The normalized spacial score (nSPS) is 11.4. The van der Waals surface area contributed by atoms with Crippen LogP contribution < -0.4 is 14.4 Å². The van der Waals surface area contributed by atoms with Crippen molar-refractivity contribution in [2.75, 3.05) is 11.5 Å². The first-order valence-electron chi connectivity index (χ1n) is 17.6. The van der Waals surface area contributed by atoms with E-state index in [1.165, 1.54) is 0 Å². The highest BCUT2D eigenvalue weighted by Crippen LogP contribution is 2.47. The molecule has 264 valence electrons. The summed E-state index contributed by atoms with van der Waals surface area (Å²) < 4.78 is 30.8. The second kappa shape index (κ2) is 15.2. The van der Waals surface area contributed by atoms with Gasteiger partial charge in [-0.3, -0.25) is 4.57 Å². The van der Waals surface area contributed by atoms with Gasteiger partial charge in [0.15, 0.2) is 11.6 Å². The fourth-order valence-corrected chi connectivity index (χ4v) is 7.14. The first-order chi connectivity index (χ1) is 25.8. The van der Waals surface area contributed by atoms with Gasteiger partial charge < -0.3 is 14.4 Å². The molecule has 0 amide bonds. The summed E-state index contributed by atoms with van der Waals surface area (Å²) in [4.78, 5) is 7.33. The summed E-state index contributed by atoms with van der Waals surface area (Å²) in [6, 6.07) is 49.3. The fourth-order valence-electron chi connectivity index (χ4n) is 6.97. The van der Waals surface area contributed by atoms with E-state index in [0.717, 1.165) is 22.2 Å². The Morgan fingerprint density at radius 3 is 1.92 bits per heavy atom. The number of halogens is 2. The van der Waals surface area contributed by atoms with E-state index in [4.69, 9.17) is 26.1 Å². The van der Waals surface area contributed by atoms with Crippen molar-refractivity contribution in [1.29, 1.82) is 5.26 Å². The lowest BCUT2D eigenvalue weighted by atomic mass is 9.76. The van der Waals surface area contributed by atoms with E-state index in [-0.39, 0.29) is 18.4 Å². The van der Waals surface area contributed by atoms with E-state index < -0.39 is 11.4 Å². The van der Waals surface area contributed by atoms with Crippen LogP contribution in [0.15, 0.2) is 146 Å². The number of nitriles is 1. The molecule has 0 unspecified atom stereocenters. The zero-order valence-electron chi connectivity index (χ0n) is 29.7. The molecule has 8 heteroatoms. The molecule has 1 heterocycles. The number of benzene rings is 6. The van der Waals surface area contributed by atoms with Crippen molar-refractivity contribution in [3.05, 3.63) is 184 Å². The summed E-state index contributed by atoms with van der Waals surface area (Å²) in [5, 5.41) is 10.3. The van der Waals surface area contributed by atoms with Gasteiger partial charge in [-0.15, -0.1) is 0 Å². The van der Waals surface area contributed by atoms with Crippen LogP contribution in [-0.4, -0.2) is 22.3 Å². The van der Waals surface area contributed by atoms with E-state index in [2.05, 4.69) is 47.0 Å². The minimum absolute atomic E-state index is 0.0403. The van der Waals surface area contributed by atoms with Gasteiger partial charge in [0.2, 0.25) is 5.95 Å². The molecule has 0 saturated carbocycles. The van der Waals surface area contributed by atoms with Crippen LogP contribution in [0.2, 0.25) is 5.02 Å². The lowest BCUT2D eigenvalue weighted by Gasteiger charge is -2.40. The maximum Gasteiger partial charge on any atom is 0.212 e. The number of hydrogen-bond acceptors (Lipinski definition) is 5. The van der Waals surface area contributed by atoms with Crippen molar-refractivity contribution in [2.24, 2.45) is 0 Å². The number of imidazole rings is 1. The van der Waals surface area contributed by atoms with Crippen molar-refractivity contribution in [1.82, 2.24) is 9.55 Å². The molecule has 6 aromatic carbocycles. The Labute approximate surface area is 314 Å². The molecule has 0 bridgehead atoms. The van der Waals surface area contributed by atoms with E-state index in [9.17, 15) is 5.26 Å². The number of hydrogen-bond donors (Lipinski definition) is 0. The standard InChI is InChI=1S/C45H38ClFN4O2/c1-4-52-39-26-33(43(47)42(28-39)53-31(2)3)30-50(38-23-20-32(29-48)21-24-38)44-49-40-25-22-37(46)27-41(40)51(44)45(34-14-8-5-9-15-34,35-16-10-6-11-17-35)36-18-12-7-13-19-36/h5-28,31H,4,30H2,1-3H3. The maximum atomic E-state index is 16.7. The van der Waals surface area contributed by atoms with E-state index >= 15 is 4.39 Å². The highest BCUT2D eigenvalue weighted by molar-refractivity contribution is 6.31. The van der Waals surface area contributed by atoms with Gasteiger partial charge in [0.25, 0.3) is 0 Å². The molecule has 0 N–H and O–H groups in total. The Hall–Kier alpha value is -6.10. The average Bonchev–Trinajstić information content (AvgIpc) is 3.55. The number of anilines is 2. The summed E-state index contributed by atoms with van der Waals surface area (Å²) in [6.45, 7) is 6.05. The van der Waals surface area contributed by atoms with Crippen molar-refractivity contribution >= 4 is 34.3 Å². The van der Waals surface area contributed by atoms with Crippen LogP contribution in [0.25, 0.3) is 11.0 Å². The van der Waals surface area contributed by atoms with Gasteiger partial charge in [-0.25, -0.2) is 9.37 Å². The van der Waals surface area contributed by atoms with E-state index in [0.29, 0.717) is 45.7 Å². The van der Waals surface area contributed by atoms with Gasteiger partial charge >= 0.3 is 0 Å². The van der Waals surface area contributed by atoms with Crippen LogP contribution in [0.1, 0.15) is 48.6 Å². The summed E-state index contributed by atoms with van der Waals surface area (Å²) >= 11 is 6.81. The Bertz CT molecular complexity index is 2280. The van der Waals surface area contributed by atoms with E-state index in [1.54, 1.807) is 24.3 Å². The molecule has 1 aromatic heterocycles. The lowest BCUT2D eigenvalue weighted by Crippen LogP contribution is -2.39. The highest BCUT2D eigenvalue weighted by atomic mass is 35.5. The molecule has 7 rings (SSSR count). The number of ether oxygens (including phenoxy) is 2. The molecule has 53 heavy (non-hydrogen) atoms. The van der Waals surface area contributed by atoms with Crippen LogP contribution in [-0.2, 0) is 12.1 Å². The summed E-state index contributed by atoms with van der Waals surface area (Å²) in [6.07, 6.45) is -0.263. The minimum atomic E-state index is -0.999. The Morgan fingerprint density at radius 1 is 0.811 bits per heavy atom. The molecule has 6 nitrogen and oxygen atoms in total. The molecule has 7 aromatic rings. The van der Waals surface area contributed by atoms with Crippen molar-refractivity contribution in [2.45, 2.75) is 39.0 Å². The van der Waals surface area contributed by atoms with Crippen molar-refractivity contribution in [3.63, 3.8) is 0 Å². The molecular weight excluding hydrogens is 683 g/mol. The zero-order valence-corrected chi connectivity index (χ0v) is 30.5. The summed E-state index contributed by atoms with van der Waals surface area (Å²) in [5.74, 6) is 0.628. The number of fused-ring (bicyclic) bond motifs is 1. The molecule has 0 fully saturated rings.